The number of piperidine rings is 1. The van der Waals surface area contributed by atoms with Crippen molar-refractivity contribution in [2.24, 2.45) is 5.92 Å². The number of rotatable bonds is 4. The van der Waals surface area contributed by atoms with E-state index in [1.807, 2.05) is 0 Å². The van der Waals surface area contributed by atoms with Crippen LogP contribution >= 0.6 is 15.9 Å². The monoisotopic (exact) mass is 328 g/mol. The summed E-state index contributed by atoms with van der Waals surface area (Å²) in [5.74, 6) is 0.540. The van der Waals surface area contributed by atoms with Crippen LogP contribution in [0.2, 0.25) is 0 Å². The van der Waals surface area contributed by atoms with E-state index in [-0.39, 0.29) is 11.8 Å². The second-order valence-corrected chi connectivity index (χ2v) is 5.71. The molecular formula is C13H17BrN2O3. The maximum atomic E-state index is 10.7. The average molecular weight is 329 g/mol. The van der Waals surface area contributed by atoms with E-state index in [2.05, 4.69) is 28.2 Å². The minimum atomic E-state index is -0.400. The van der Waals surface area contributed by atoms with E-state index >= 15 is 0 Å². The number of hydrogen-bond donors (Lipinski definition) is 1. The van der Waals surface area contributed by atoms with Gasteiger partial charge in [0.1, 0.15) is 0 Å². The maximum Gasteiger partial charge on any atom is 0.270 e. The Kier molecular flexibility index (Phi) is 4.90. The van der Waals surface area contributed by atoms with Crippen LogP contribution in [0.4, 0.5) is 5.69 Å². The number of nitro groups is 1. The Bertz CT molecular complexity index is 467. The number of benzene rings is 1. The molecule has 2 atom stereocenters. The fourth-order valence-electron chi connectivity index (χ4n) is 2.15. The van der Waals surface area contributed by atoms with Gasteiger partial charge in [0.15, 0.2) is 0 Å². The van der Waals surface area contributed by atoms with Crippen molar-refractivity contribution in [2.75, 3.05) is 13.1 Å². The third-order valence-corrected chi connectivity index (χ3v) is 4.20. The van der Waals surface area contributed by atoms with E-state index in [1.54, 1.807) is 6.07 Å². The van der Waals surface area contributed by atoms with Crippen LogP contribution in [0.3, 0.4) is 0 Å². The summed E-state index contributed by atoms with van der Waals surface area (Å²) in [6, 6.07) is 4.76. The van der Waals surface area contributed by atoms with Crippen molar-refractivity contribution >= 4 is 21.6 Å². The Labute approximate surface area is 120 Å². The number of halogens is 1. The molecule has 6 heteroatoms. The second kappa shape index (κ2) is 6.45. The minimum absolute atomic E-state index is 0.0864. The highest BCUT2D eigenvalue weighted by molar-refractivity contribution is 9.10. The summed E-state index contributed by atoms with van der Waals surface area (Å²) in [5, 5.41) is 14.0. The Morgan fingerprint density at radius 3 is 3.00 bits per heavy atom. The van der Waals surface area contributed by atoms with Gasteiger partial charge in [0.2, 0.25) is 0 Å². The molecule has 1 fully saturated rings. The number of hydrogen-bond acceptors (Lipinski definition) is 4. The zero-order chi connectivity index (χ0) is 13.8. The molecule has 0 spiro atoms. The summed E-state index contributed by atoms with van der Waals surface area (Å²) in [7, 11) is 0. The van der Waals surface area contributed by atoms with E-state index in [4.69, 9.17) is 4.74 Å². The molecule has 2 rings (SSSR count). The average Bonchev–Trinajstić information content (AvgIpc) is 2.39. The maximum absolute atomic E-state index is 10.7. The SMILES string of the molecule is CC1CCNCC1OCc1ccc([N+](=O)[O-])cc1Br. The van der Waals surface area contributed by atoms with Crippen molar-refractivity contribution in [1.82, 2.24) is 5.32 Å². The highest BCUT2D eigenvalue weighted by Crippen LogP contribution is 2.25. The van der Waals surface area contributed by atoms with Crippen LogP contribution in [0.25, 0.3) is 0 Å². The summed E-state index contributed by atoms with van der Waals surface area (Å²) in [6.45, 7) is 4.57. The molecule has 0 amide bonds. The van der Waals surface area contributed by atoms with Gasteiger partial charge in [-0.15, -0.1) is 0 Å². The van der Waals surface area contributed by atoms with Gasteiger partial charge >= 0.3 is 0 Å². The smallest absolute Gasteiger partial charge is 0.270 e. The fourth-order valence-corrected chi connectivity index (χ4v) is 2.63. The highest BCUT2D eigenvalue weighted by Gasteiger charge is 2.21. The number of non-ortho nitro benzene ring substituents is 1. The normalized spacial score (nSPS) is 23.3. The van der Waals surface area contributed by atoms with Crippen LogP contribution in [-0.4, -0.2) is 24.1 Å². The van der Waals surface area contributed by atoms with Crippen LogP contribution in [0.1, 0.15) is 18.9 Å². The van der Waals surface area contributed by atoms with Crippen LogP contribution in [0.5, 0.6) is 0 Å². The van der Waals surface area contributed by atoms with Gasteiger partial charge in [0, 0.05) is 23.2 Å². The molecule has 104 valence electrons. The van der Waals surface area contributed by atoms with Gasteiger partial charge in [0.05, 0.1) is 17.6 Å². The van der Waals surface area contributed by atoms with Crippen molar-refractivity contribution in [3.05, 3.63) is 38.3 Å². The molecule has 1 saturated heterocycles. The lowest BCUT2D eigenvalue weighted by atomic mass is 9.97. The van der Waals surface area contributed by atoms with Gasteiger partial charge in [0.25, 0.3) is 5.69 Å². The van der Waals surface area contributed by atoms with Gasteiger partial charge in [-0.1, -0.05) is 22.9 Å². The molecule has 5 nitrogen and oxygen atoms in total. The predicted octanol–water partition coefficient (Wildman–Crippen LogP) is 2.87. The Morgan fingerprint density at radius 1 is 1.58 bits per heavy atom. The highest BCUT2D eigenvalue weighted by atomic mass is 79.9. The van der Waals surface area contributed by atoms with Gasteiger partial charge in [-0.05, 0) is 30.5 Å². The first kappa shape index (κ1) is 14.4. The van der Waals surface area contributed by atoms with Gasteiger partial charge < -0.3 is 10.1 Å². The van der Waals surface area contributed by atoms with Crippen molar-refractivity contribution in [3.63, 3.8) is 0 Å². The summed E-state index contributed by atoms with van der Waals surface area (Å²) in [5.41, 5.74) is 1.02. The number of nitrogens with one attached hydrogen (secondary N) is 1. The predicted molar refractivity (Wildman–Crippen MR) is 76.0 cm³/mol. The molecular weight excluding hydrogens is 312 g/mol. The lowest BCUT2D eigenvalue weighted by Crippen LogP contribution is -2.40. The van der Waals surface area contributed by atoms with Gasteiger partial charge in [-0.25, -0.2) is 0 Å². The Balaban J connectivity index is 1.97. The molecule has 1 heterocycles. The molecule has 0 aliphatic carbocycles. The molecule has 0 bridgehead atoms. The number of nitrogens with zero attached hydrogens (tertiary/aromatic N) is 1. The molecule has 1 aromatic rings. The second-order valence-electron chi connectivity index (χ2n) is 4.85. The standard InChI is InChI=1S/C13H17BrN2O3/c1-9-4-5-15-7-13(9)19-8-10-2-3-11(16(17)18)6-12(10)14/h2-3,6,9,13,15H,4-5,7-8H2,1H3. The fraction of sp³-hybridized carbons (Fsp3) is 0.538. The van der Waals surface area contributed by atoms with Crippen molar-refractivity contribution in [3.8, 4) is 0 Å². The van der Waals surface area contributed by atoms with E-state index in [0.717, 1.165) is 29.5 Å². The van der Waals surface area contributed by atoms with Crippen LogP contribution in [0, 0.1) is 16.0 Å². The topological polar surface area (TPSA) is 64.4 Å². The molecule has 19 heavy (non-hydrogen) atoms. The Morgan fingerprint density at radius 2 is 2.37 bits per heavy atom. The molecule has 2 unspecified atom stereocenters. The zero-order valence-corrected chi connectivity index (χ0v) is 12.4. The molecule has 1 N–H and O–H groups in total. The molecule has 1 aromatic carbocycles. The van der Waals surface area contributed by atoms with Crippen LogP contribution < -0.4 is 5.32 Å². The Hall–Kier alpha value is -0.980. The lowest BCUT2D eigenvalue weighted by Gasteiger charge is -2.29. The first-order valence-corrected chi connectivity index (χ1v) is 7.12. The van der Waals surface area contributed by atoms with E-state index < -0.39 is 4.92 Å². The molecule has 0 radical (unpaired) electrons. The summed E-state index contributed by atoms with van der Waals surface area (Å²) in [6.07, 6.45) is 1.32. The van der Waals surface area contributed by atoms with Gasteiger partial charge in [-0.3, -0.25) is 10.1 Å². The third-order valence-electron chi connectivity index (χ3n) is 3.46. The molecule has 0 aromatic heterocycles. The largest absolute Gasteiger partial charge is 0.372 e. The first-order valence-electron chi connectivity index (χ1n) is 6.33. The number of ether oxygens (including phenoxy) is 1. The van der Waals surface area contributed by atoms with Gasteiger partial charge in [-0.2, -0.15) is 0 Å². The summed E-state index contributed by atoms with van der Waals surface area (Å²) in [4.78, 5) is 10.3. The van der Waals surface area contributed by atoms with Crippen molar-refractivity contribution in [1.29, 1.82) is 0 Å². The first-order chi connectivity index (χ1) is 9.08. The van der Waals surface area contributed by atoms with Crippen LogP contribution in [0.15, 0.2) is 22.7 Å². The van der Waals surface area contributed by atoms with Crippen molar-refractivity contribution in [2.45, 2.75) is 26.1 Å². The minimum Gasteiger partial charge on any atom is -0.372 e. The van der Waals surface area contributed by atoms with E-state index in [1.165, 1.54) is 12.1 Å². The zero-order valence-electron chi connectivity index (χ0n) is 10.8. The molecule has 0 saturated carbocycles. The van der Waals surface area contributed by atoms with E-state index in [9.17, 15) is 10.1 Å². The third kappa shape index (κ3) is 3.75. The number of nitro benzene ring substituents is 1. The van der Waals surface area contributed by atoms with E-state index in [0.29, 0.717) is 12.5 Å². The van der Waals surface area contributed by atoms with Crippen molar-refractivity contribution < 1.29 is 9.66 Å². The molecule has 1 aliphatic rings. The molecule has 1 aliphatic heterocycles. The lowest BCUT2D eigenvalue weighted by molar-refractivity contribution is -0.384. The summed E-state index contributed by atoms with van der Waals surface area (Å²) < 4.78 is 6.62. The summed E-state index contributed by atoms with van der Waals surface area (Å²) >= 11 is 3.36. The van der Waals surface area contributed by atoms with Crippen LogP contribution in [-0.2, 0) is 11.3 Å². The quantitative estimate of drug-likeness (QED) is 0.681.